The van der Waals surface area contributed by atoms with Gasteiger partial charge in [0.2, 0.25) is 0 Å². The average molecular weight is 212 g/mol. The van der Waals surface area contributed by atoms with Gasteiger partial charge in [0.15, 0.2) is 0 Å². The summed E-state index contributed by atoms with van der Waals surface area (Å²) >= 11 is 0. The highest BCUT2D eigenvalue weighted by molar-refractivity contribution is 5.74. The number of rotatable bonds is 2. The number of hydrogen-bond acceptors (Lipinski definition) is 5. The van der Waals surface area contributed by atoms with Crippen LogP contribution in [0, 0.1) is 23.0 Å². The lowest BCUT2D eigenvalue weighted by atomic mass is 9.79. The molecule has 0 aromatic rings. The van der Waals surface area contributed by atoms with E-state index in [2.05, 4.69) is 0 Å². The third-order valence-corrected chi connectivity index (χ3v) is 3.89. The van der Waals surface area contributed by atoms with Gasteiger partial charge < -0.3 is 14.8 Å². The molecule has 5 heteroatoms. The molecular formula is C10H14NO4-. The smallest absolute Gasteiger partial charge is 0.309 e. The van der Waals surface area contributed by atoms with Gasteiger partial charge in [-0.1, -0.05) is 0 Å². The van der Waals surface area contributed by atoms with Crippen LogP contribution < -0.4 is 0 Å². The van der Waals surface area contributed by atoms with Crippen molar-refractivity contribution in [1.82, 2.24) is 5.23 Å². The lowest BCUT2D eigenvalue weighted by molar-refractivity contribution is -0.200. The van der Waals surface area contributed by atoms with Crippen molar-refractivity contribution in [3.05, 3.63) is 5.21 Å². The molecule has 5 unspecified atom stereocenters. The molecular weight excluding hydrogens is 198 g/mol. The van der Waals surface area contributed by atoms with Crippen molar-refractivity contribution in [2.24, 2.45) is 17.8 Å². The highest BCUT2D eigenvalue weighted by Gasteiger charge is 2.56. The van der Waals surface area contributed by atoms with E-state index in [1.165, 1.54) is 7.05 Å². The average Bonchev–Trinajstić information content (AvgIpc) is 2.35. The minimum absolute atomic E-state index is 0.0514. The number of fused-ring (bicyclic) bond motifs is 2. The van der Waals surface area contributed by atoms with E-state index in [0.29, 0.717) is 17.1 Å². The number of hydrogen-bond donors (Lipinski definition) is 0. The standard InChI is InChI=1S/C10H14NO4/c1-11(13)15-9-6-2-5-3-7(4-6)10(12)14-8(5)9/h5-9H,2-4H2,1H3/q-1. The first-order valence-electron chi connectivity index (χ1n) is 5.43. The maximum atomic E-state index is 11.5. The Labute approximate surface area is 87.9 Å². The molecule has 1 heterocycles. The normalized spacial score (nSPS) is 47.4. The van der Waals surface area contributed by atoms with Gasteiger partial charge in [0, 0.05) is 0 Å². The number of ether oxygens (including phenoxy) is 1. The zero-order valence-corrected chi connectivity index (χ0v) is 8.59. The van der Waals surface area contributed by atoms with Crippen molar-refractivity contribution in [3.63, 3.8) is 0 Å². The molecule has 1 aliphatic heterocycles. The Balaban J connectivity index is 1.84. The van der Waals surface area contributed by atoms with E-state index in [9.17, 15) is 10.0 Å². The molecule has 3 rings (SSSR count). The summed E-state index contributed by atoms with van der Waals surface area (Å²) in [7, 11) is 1.33. The maximum Gasteiger partial charge on any atom is 0.309 e. The van der Waals surface area contributed by atoms with E-state index in [0.717, 1.165) is 19.3 Å². The van der Waals surface area contributed by atoms with Gasteiger partial charge in [0.05, 0.1) is 5.92 Å². The molecule has 2 aliphatic carbocycles. The Morgan fingerprint density at radius 2 is 2.13 bits per heavy atom. The summed E-state index contributed by atoms with van der Waals surface area (Å²) in [5, 5.41) is 11.4. The molecule has 5 atom stereocenters. The summed E-state index contributed by atoms with van der Waals surface area (Å²) in [6.45, 7) is 0. The van der Waals surface area contributed by atoms with E-state index >= 15 is 0 Å². The lowest BCUT2D eigenvalue weighted by Gasteiger charge is -2.33. The molecule has 15 heavy (non-hydrogen) atoms. The van der Waals surface area contributed by atoms with Crippen LogP contribution in [0.15, 0.2) is 0 Å². The molecule has 2 saturated carbocycles. The Kier molecular flexibility index (Phi) is 2.02. The number of carbonyl (C=O) groups is 1. The SMILES string of the molecule is CN([O-])OC1C2CC3CC(C2)C1OC3=O. The van der Waals surface area contributed by atoms with Gasteiger partial charge in [-0.05, 0) is 38.1 Å². The van der Waals surface area contributed by atoms with E-state index < -0.39 is 0 Å². The Bertz CT molecular complexity index is 293. The number of nitrogens with zero attached hydrogens (tertiary/aromatic N) is 1. The molecule has 0 N–H and O–H groups in total. The summed E-state index contributed by atoms with van der Waals surface area (Å²) in [5.41, 5.74) is 0. The first kappa shape index (κ1) is 9.57. The monoisotopic (exact) mass is 212 g/mol. The maximum absolute atomic E-state index is 11.5. The molecule has 0 amide bonds. The first-order valence-corrected chi connectivity index (χ1v) is 5.43. The summed E-state index contributed by atoms with van der Waals surface area (Å²) < 4.78 is 5.35. The second kappa shape index (κ2) is 3.17. The van der Waals surface area contributed by atoms with Gasteiger partial charge in [0.1, 0.15) is 12.2 Å². The molecule has 3 bridgehead atoms. The molecule has 3 fully saturated rings. The van der Waals surface area contributed by atoms with Crippen LogP contribution in [0.25, 0.3) is 0 Å². The zero-order chi connectivity index (χ0) is 10.6. The van der Waals surface area contributed by atoms with Gasteiger partial charge in [-0.25, -0.2) is 0 Å². The van der Waals surface area contributed by atoms with Crippen LogP contribution in [0.1, 0.15) is 19.3 Å². The number of esters is 1. The first-order chi connectivity index (χ1) is 7.15. The van der Waals surface area contributed by atoms with E-state index in [-0.39, 0.29) is 24.1 Å². The van der Waals surface area contributed by atoms with E-state index in [1.807, 2.05) is 0 Å². The fourth-order valence-electron chi connectivity index (χ4n) is 3.38. The second-order valence-corrected chi connectivity index (χ2v) is 4.84. The van der Waals surface area contributed by atoms with Crippen LogP contribution in [0.2, 0.25) is 0 Å². The molecule has 0 aromatic carbocycles. The van der Waals surface area contributed by atoms with Gasteiger partial charge in [-0.3, -0.25) is 10.0 Å². The molecule has 0 spiro atoms. The van der Waals surface area contributed by atoms with Crippen LogP contribution in [0.5, 0.6) is 0 Å². The molecule has 0 aromatic heterocycles. The van der Waals surface area contributed by atoms with Gasteiger partial charge in [-0.2, -0.15) is 0 Å². The minimum Gasteiger partial charge on any atom is -0.762 e. The van der Waals surface area contributed by atoms with Crippen LogP contribution in [0.4, 0.5) is 0 Å². The second-order valence-electron chi connectivity index (χ2n) is 4.84. The largest absolute Gasteiger partial charge is 0.762 e. The third kappa shape index (κ3) is 1.38. The summed E-state index contributed by atoms with van der Waals surface area (Å²) in [6, 6.07) is 0. The quantitative estimate of drug-likeness (QED) is 0.497. The van der Waals surface area contributed by atoms with E-state index in [4.69, 9.17) is 9.57 Å². The van der Waals surface area contributed by atoms with Gasteiger partial charge in [0.25, 0.3) is 0 Å². The highest BCUT2D eigenvalue weighted by atomic mass is 16.9. The lowest BCUT2D eigenvalue weighted by Crippen LogP contribution is -2.40. The molecule has 5 nitrogen and oxygen atoms in total. The predicted octanol–water partition coefficient (Wildman–Crippen LogP) is 0.688. The van der Waals surface area contributed by atoms with Crippen LogP contribution in [-0.2, 0) is 14.4 Å². The minimum atomic E-state index is -0.214. The number of hydroxylamine groups is 2. The predicted molar refractivity (Wildman–Crippen MR) is 50.2 cm³/mol. The number of carbonyl (C=O) groups excluding carboxylic acids is 1. The molecule has 0 radical (unpaired) electrons. The zero-order valence-electron chi connectivity index (χ0n) is 8.59. The Hall–Kier alpha value is -0.650. The summed E-state index contributed by atoms with van der Waals surface area (Å²) in [6.07, 6.45) is 2.38. The Morgan fingerprint density at radius 3 is 2.87 bits per heavy atom. The molecule has 1 saturated heterocycles. The third-order valence-electron chi connectivity index (χ3n) is 3.89. The van der Waals surface area contributed by atoms with Crippen molar-refractivity contribution in [2.45, 2.75) is 31.5 Å². The van der Waals surface area contributed by atoms with Crippen LogP contribution in [0.3, 0.4) is 0 Å². The van der Waals surface area contributed by atoms with Crippen LogP contribution in [-0.4, -0.2) is 30.5 Å². The van der Waals surface area contributed by atoms with Gasteiger partial charge >= 0.3 is 5.97 Å². The van der Waals surface area contributed by atoms with Gasteiger partial charge in [-0.15, -0.1) is 0 Å². The van der Waals surface area contributed by atoms with Crippen molar-refractivity contribution in [2.75, 3.05) is 7.05 Å². The van der Waals surface area contributed by atoms with Crippen molar-refractivity contribution in [1.29, 1.82) is 0 Å². The molecule has 3 aliphatic rings. The van der Waals surface area contributed by atoms with E-state index in [1.54, 1.807) is 0 Å². The molecule has 84 valence electrons. The van der Waals surface area contributed by atoms with Crippen molar-refractivity contribution >= 4 is 5.97 Å². The Morgan fingerprint density at radius 1 is 1.40 bits per heavy atom. The van der Waals surface area contributed by atoms with Crippen molar-refractivity contribution in [3.8, 4) is 0 Å². The summed E-state index contributed by atoms with van der Waals surface area (Å²) in [5.74, 6) is 0.689. The van der Waals surface area contributed by atoms with Crippen molar-refractivity contribution < 1.29 is 14.4 Å². The summed E-state index contributed by atoms with van der Waals surface area (Å²) in [4.78, 5) is 16.7. The topological polar surface area (TPSA) is 61.8 Å². The highest BCUT2D eigenvalue weighted by Crippen LogP contribution is 2.51. The van der Waals surface area contributed by atoms with Crippen LogP contribution >= 0.6 is 0 Å². The fraction of sp³-hybridized carbons (Fsp3) is 0.900. The fourth-order valence-corrected chi connectivity index (χ4v) is 3.38.